The normalized spacial score (nSPS) is 15.3. The first-order valence-corrected chi connectivity index (χ1v) is 10.6. The van der Waals surface area contributed by atoms with E-state index in [2.05, 4.69) is 15.4 Å². The van der Waals surface area contributed by atoms with Gasteiger partial charge in [0, 0.05) is 17.3 Å². The predicted molar refractivity (Wildman–Crippen MR) is 107 cm³/mol. The van der Waals surface area contributed by atoms with Crippen LogP contribution in [-0.2, 0) is 10.0 Å². The van der Waals surface area contributed by atoms with Crippen molar-refractivity contribution in [1.29, 1.82) is 0 Å². The Hall–Kier alpha value is -2.38. The zero-order chi connectivity index (χ0) is 19.4. The lowest BCUT2D eigenvalue weighted by Crippen LogP contribution is -2.42. The zero-order valence-electron chi connectivity index (χ0n) is 15.6. The molecule has 0 radical (unpaired) electrons. The Kier molecular flexibility index (Phi) is 5.82. The number of amides is 1. The van der Waals surface area contributed by atoms with Gasteiger partial charge >= 0.3 is 0 Å². The molecular weight excluding hydrogens is 362 g/mol. The largest absolute Gasteiger partial charge is 0.349 e. The SMILES string of the molecule is Cc1ccc(C)c(S(=O)(=O)Nc2ccc(C(=O)NC3CCNCC3)cc2)c1. The van der Waals surface area contributed by atoms with Crippen LogP contribution in [0.5, 0.6) is 0 Å². The number of carbonyl (C=O) groups excluding carboxylic acids is 1. The summed E-state index contributed by atoms with van der Waals surface area (Å²) in [6.45, 7) is 5.44. The van der Waals surface area contributed by atoms with E-state index in [0.717, 1.165) is 31.5 Å². The molecule has 0 unspecified atom stereocenters. The predicted octanol–water partition coefficient (Wildman–Crippen LogP) is 2.59. The van der Waals surface area contributed by atoms with Crippen LogP contribution in [-0.4, -0.2) is 33.5 Å². The number of anilines is 1. The lowest BCUT2D eigenvalue weighted by Gasteiger charge is -2.23. The van der Waals surface area contributed by atoms with Gasteiger partial charge in [-0.1, -0.05) is 12.1 Å². The highest BCUT2D eigenvalue weighted by atomic mass is 32.2. The minimum Gasteiger partial charge on any atom is -0.349 e. The third-order valence-corrected chi connectivity index (χ3v) is 6.23. The number of aryl methyl sites for hydroxylation is 2. The highest BCUT2D eigenvalue weighted by Crippen LogP contribution is 2.21. The van der Waals surface area contributed by atoms with Gasteiger partial charge < -0.3 is 10.6 Å². The van der Waals surface area contributed by atoms with E-state index in [9.17, 15) is 13.2 Å². The van der Waals surface area contributed by atoms with Crippen molar-refractivity contribution in [3.63, 3.8) is 0 Å². The summed E-state index contributed by atoms with van der Waals surface area (Å²) >= 11 is 0. The Labute approximate surface area is 160 Å². The fourth-order valence-corrected chi connectivity index (χ4v) is 4.52. The minimum absolute atomic E-state index is 0.133. The van der Waals surface area contributed by atoms with Gasteiger partial charge in [0.2, 0.25) is 0 Å². The van der Waals surface area contributed by atoms with E-state index in [0.29, 0.717) is 16.8 Å². The van der Waals surface area contributed by atoms with E-state index in [1.54, 1.807) is 43.3 Å². The van der Waals surface area contributed by atoms with Crippen molar-refractivity contribution in [2.45, 2.75) is 37.6 Å². The molecule has 0 saturated carbocycles. The van der Waals surface area contributed by atoms with Gasteiger partial charge in [0.15, 0.2) is 0 Å². The van der Waals surface area contributed by atoms with Gasteiger partial charge in [-0.2, -0.15) is 0 Å². The molecule has 3 rings (SSSR count). The topological polar surface area (TPSA) is 87.3 Å². The molecule has 0 atom stereocenters. The van der Waals surface area contributed by atoms with Crippen LogP contribution in [0.2, 0.25) is 0 Å². The number of rotatable bonds is 5. The van der Waals surface area contributed by atoms with Gasteiger partial charge in [-0.25, -0.2) is 8.42 Å². The Morgan fingerprint density at radius 1 is 1.04 bits per heavy atom. The average Bonchev–Trinajstić information content (AvgIpc) is 2.64. The third-order valence-electron chi connectivity index (χ3n) is 4.71. The first-order valence-electron chi connectivity index (χ1n) is 9.07. The molecule has 2 aromatic carbocycles. The number of hydrogen-bond acceptors (Lipinski definition) is 4. The van der Waals surface area contributed by atoms with Crippen molar-refractivity contribution in [3.8, 4) is 0 Å². The molecule has 1 fully saturated rings. The molecule has 0 aromatic heterocycles. The lowest BCUT2D eigenvalue weighted by atomic mass is 10.1. The molecule has 2 aromatic rings. The molecule has 144 valence electrons. The van der Waals surface area contributed by atoms with E-state index in [-0.39, 0.29) is 16.8 Å². The quantitative estimate of drug-likeness (QED) is 0.736. The number of benzene rings is 2. The molecule has 6 nitrogen and oxygen atoms in total. The molecule has 3 N–H and O–H groups in total. The van der Waals surface area contributed by atoms with Crippen LogP contribution in [0.1, 0.15) is 34.3 Å². The first kappa shape index (κ1) is 19.4. The fourth-order valence-electron chi connectivity index (χ4n) is 3.13. The maximum Gasteiger partial charge on any atom is 0.262 e. The lowest BCUT2D eigenvalue weighted by molar-refractivity contribution is 0.0929. The molecule has 1 aliphatic rings. The maximum atomic E-state index is 12.7. The summed E-state index contributed by atoms with van der Waals surface area (Å²) in [6, 6.07) is 12.0. The Morgan fingerprint density at radius 3 is 2.37 bits per heavy atom. The molecule has 0 aliphatic carbocycles. The van der Waals surface area contributed by atoms with Gasteiger partial charge in [0.05, 0.1) is 4.90 Å². The first-order chi connectivity index (χ1) is 12.8. The van der Waals surface area contributed by atoms with E-state index < -0.39 is 10.0 Å². The molecule has 0 bridgehead atoms. The number of carbonyl (C=O) groups is 1. The zero-order valence-corrected chi connectivity index (χ0v) is 16.4. The second-order valence-electron chi connectivity index (χ2n) is 6.95. The molecule has 1 heterocycles. The average molecular weight is 388 g/mol. The Balaban J connectivity index is 1.69. The van der Waals surface area contributed by atoms with Gasteiger partial charge in [-0.05, 0) is 81.2 Å². The van der Waals surface area contributed by atoms with Crippen LogP contribution in [0.25, 0.3) is 0 Å². The number of piperidine rings is 1. The van der Waals surface area contributed by atoms with Crippen molar-refractivity contribution in [2.24, 2.45) is 0 Å². The molecule has 1 aliphatic heterocycles. The molecule has 27 heavy (non-hydrogen) atoms. The number of nitrogens with one attached hydrogen (secondary N) is 3. The molecule has 1 amide bonds. The summed E-state index contributed by atoms with van der Waals surface area (Å²) in [7, 11) is -3.68. The summed E-state index contributed by atoms with van der Waals surface area (Å²) in [6.07, 6.45) is 1.83. The van der Waals surface area contributed by atoms with Crippen LogP contribution in [0.15, 0.2) is 47.4 Å². The van der Waals surface area contributed by atoms with Gasteiger partial charge in [-0.15, -0.1) is 0 Å². The molecule has 1 saturated heterocycles. The third kappa shape index (κ3) is 4.87. The van der Waals surface area contributed by atoms with E-state index >= 15 is 0 Å². The van der Waals surface area contributed by atoms with Crippen LogP contribution in [0.4, 0.5) is 5.69 Å². The highest BCUT2D eigenvalue weighted by Gasteiger charge is 2.18. The summed E-state index contributed by atoms with van der Waals surface area (Å²) in [4.78, 5) is 12.6. The second kappa shape index (κ2) is 8.10. The van der Waals surface area contributed by atoms with Crippen LogP contribution in [0, 0.1) is 13.8 Å². The molecule has 7 heteroatoms. The fraction of sp³-hybridized carbons (Fsp3) is 0.350. The molecule has 0 spiro atoms. The summed E-state index contributed by atoms with van der Waals surface area (Å²) in [5.41, 5.74) is 2.51. The monoisotopic (exact) mass is 387 g/mol. The van der Waals surface area contributed by atoms with E-state index in [1.165, 1.54) is 0 Å². The van der Waals surface area contributed by atoms with Crippen molar-refractivity contribution < 1.29 is 13.2 Å². The summed E-state index contributed by atoms with van der Waals surface area (Å²) < 4.78 is 27.9. The van der Waals surface area contributed by atoms with Crippen LogP contribution < -0.4 is 15.4 Å². The van der Waals surface area contributed by atoms with Crippen molar-refractivity contribution in [2.75, 3.05) is 17.8 Å². The van der Waals surface area contributed by atoms with Crippen LogP contribution >= 0.6 is 0 Å². The minimum atomic E-state index is -3.68. The Morgan fingerprint density at radius 2 is 1.70 bits per heavy atom. The van der Waals surface area contributed by atoms with Crippen molar-refractivity contribution in [3.05, 3.63) is 59.2 Å². The number of sulfonamides is 1. The van der Waals surface area contributed by atoms with E-state index in [1.807, 2.05) is 13.0 Å². The highest BCUT2D eigenvalue weighted by molar-refractivity contribution is 7.92. The standard InChI is InChI=1S/C20H25N3O3S/c1-14-3-4-15(2)19(13-14)27(25,26)23-18-7-5-16(6-8-18)20(24)22-17-9-11-21-12-10-17/h3-8,13,17,21,23H,9-12H2,1-2H3,(H,22,24). The maximum absolute atomic E-state index is 12.7. The number of hydrogen-bond donors (Lipinski definition) is 3. The van der Waals surface area contributed by atoms with Crippen LogP contribution in [0.3, 0.4) is 0 Å². The van der Waals surface area contributed by atoms with Gasteiger partial charge in [-0.3, -0.25) is 9.52 Å². The summed E-state index contributed by atoms with van der Waals surface area (Å²) in [5, 5.41) is 6.29. The smallest absolute Gasteiger partial charge is 0.262 e. The van der Waals surface area contributed by atoms with Crippen molar-refractivity contribution in [1.82, 2.24) is 10.6 Å². The summed E-state index contributed by atoms with van der Waals surface area (Å²) in [5.74, 6) is -0.133. The van der Waals surface area contributed by atoms with Gasteiger partial charge in [0.25, 0.3) is 15.9 Å². The molecular formula is C20H25N3O3S. The second-order valence-corrected chi connectivity index (χ2v) is 8.60. The Bertz CT molecular complexity index is 918. The van der Waals surface area contributed by atoms with Crippen molar-refractivity contribution >= 4 is 21.6 Å². The van der Waals surface area contributed by atoms with E-state index in [4.69, 9.17) is 0 Å². The van der Waals surface area contributed by atoms with Gasteiger partial charge in [0.1, 0.15) is 0 Å².